The number of rotatable bonds is 4. The molecule has 0 amide bonds. The van der Waals surface area contributed by atoms with Crippen molar-refractivity contribution in [2.45, 2.75) is 25.7 Å². The van der Waals surface area contributed by atoms with Gasteiger partial charge in [-0.1, -0.05) is 56.1 Å². The van der Waals surface area contributed by atoms with Crippen LogP contribution in [0.2, 0.25) is 0 Å². The summed E-state index contributed by atoms with van der Waals surface area (Å²) >= 11 is 7.32. The summed E-state index contributed by atoms with van der Waals surface area (Å²) in [6, 6.07) is 13.0. The lowest BCUT2D eigenvalue weighted by Gasteiger charge is -2.19. The van der Waals surface area contributed by atoms with Gasteiger partial charge in [-0.25, -0.2) is 0 Å². The molecule has 0 spiro atoms. The lowest BCUT2D eigenvalue weighted by Crippen LogP contribution is -2.07. The molecular weight excluding hydrogens is 392 g/mol. The van der Waals surface area contributed by atoms with Crippen molar-refractivity contribution >= 4 is 31.9 Å². The molecule has 0 saturated heterocycles. The molecule has 0 N–H and O–H groups in total. The van der Waals surface area contributed by atoms with Gasteiger partial charge < -0.3 is 4.74 Å². The Hall–Kier alpha value is -0.800. The van der Waals surface area contributed by atoms with E-state index < -0.39 is 0 Å². The van der Waals surface area contributed by atoms with Gasteiger partial charge in [0, 0.05) is 16.2 Å². The Morgan fingerprint density at radius 3 is 2.81 bits per heavy atom. The second-order valence-corrected chi connectivity index (χ2v) is 7.13. The molecule has 1 aliphatic rings. The highest BCUT2D eigenvalue weighted by molar-refractivity contribution is 9.10. The zero-order chi connectivity index (χ0) is 14.8. The van der Waals surface area contributed by atoms with Gasteiger partial charge in [0.15, 0.2) is 0 Å². The predicted octanol–water partition coefficient (Wildman–Crippen LogP) is 5.41. The average Bonchev–Trinajstić information content (AvgIpc) is 2.93. The Kier molecular flexibility index (Phi) is 4.70. The minimum atomic E-state index is 0.466. The molecule has 21 heavy (non-hydrogen) atoms. The van der Waals surface area contributed by atoms with Crippen molar-refractivity contribution in [3.8, 4) is 5.75 Å². The van der Waals surface area contributed by atoms with Crippen LogP contribution in [0.5, 0.6) is 5.75 Å². The summed E-state index contributed by atoms with van der Waals surface area (Å²) in [5, 5.41) is 0.957. The summed E-state index contributed by atoms with van der Waals surface area (Å²) in [5.74, 6) is 1.58. The molecule has 0 bridgehead atoms. The lowest BCUT2D eigenvalue weighted by atomic mass is 9.90. The molecule has 0 saturated carbocycles. The van der Waals surface area contributed by atoms with Gasteiger partial charge in [0.2, 0.25) is 0 Å². The van der Waals surface area contributed by atoms with Gasteiger partial charge in [0.1, 0.15) is 5.75 Å². The molecule has 3 heteroatoms. The Balaban J connectivity index is 1.94. The van der Waals surface area contributed by atoms with Crippen LogP contribution in [-0.4, -0.2) is 11.9 Å². The molecule has 1 atom stereocenters. The largest absolute Gasteiger partial charge is 0.493 e. The molecule has 1 aliphatic heterocycles. The third-order valence-corrected chi connectivity index (χ3v) is 5.35. The Labute approximate surface area is 143 Å². The van der Waals surface area contributed by atoms with Crippen LogP contribution in [0, 0.1) is 6.92 Å². The maximum atomic E-state index is 5.86. The van der Waals surface area contributed by atoms with Crippen LogP contribution < -0.4 is 4.74 Å². The van der Waals surface area contributed by atoms with Gasteiger partial charge in [0.25, 0.3) is 0 Å². The van der Waals surface area contributed by atoms with Crippen molar-refractivity contribution in [1.29, 1.82) is 0 Å². The van der Waals surface area contributed by atoms with Crippen LogP contribution in [0.4, 0.5) is 0 Å². The van der Waals surface area contributed by atoms with E-state index in [4.69, 9.17) is 4.74 Å². The van der Waals surface area contributed by atoms with Crippen molar-refractivity contribution < 1.29 is 4.74 Å². The highest BCUT2D eigenvalue weighted by Crippen LogP contribution is 2.36. The predicted molar refractivity (Wildman–Crippen MR) is 94.8 cm³/mol. The fourth-order valence-corrected chi connectivity index (χ4v) is 4.19. The van der Waals surface area contributed by atoms with Crippen LogP contribution in [0.3, 0.4) is 0 Å². The summed E-state index contributed by atoms with van der Waals surface area (Å²) in [7, 11) is 0. The first-order valence-corrected chi connectivity index (χ1v) is 9.16. The van der Waals surface area contributed by atoms with Crippen LogP contribution in [0.25, 0.3) is 0 Å². The van der Waals surface area contributed by atoms with Crippen molar-refractivity contribution in [3.63, 3.8) is 0 Å². The molecule has 1 unspecified atom stereocenters. The van der Waals surface area contributed by atoms with E-state index in [2.05, 4.69) is 75.2 Å². The molecule has 0 fully saturated rings. The van der Waals surface area contributed by atoms with Crippen LogP contribution >= 0.6 is 31.9 Å². The molecule has 110 valence electrons. The highest BCUT2D eigenvalue weighted by atomic mass is 79.9. The number of hydrogen-bond acceptors (Lipinski definition) is 1. The van der Waals surface area contributed by atoms with Gasteiger partial charge in [0.05, 0.1) is 6.61 Å². The quantitative estimate of drug-likeness (QED) is 0.613. The van der Waals surface area contributed by atoms with Gasteiger partial charge in [-0.3, -0.25) is 0 Å². The van der Waals surface area contributed by atoms with Crippen molar-refractivity contribution in [2.75, 3.05) is 11.9 Å². The third-order valence-electron chi connectivity index (χ3n) is 4.11. The molecule has 0 aliphatic carbocycles. The van der Waals surface area contributed by atoms with Crippen molar-refractivity contribution in [3.05, 3.63) is 63.1 Å². The molecule has 1 nitrogen and oxygen atoms in total. The number of alkyl halides is 1. The van der Waals surface area contributed by atoms with Crippen LogP contribution in [0.15, 0.2) is 40.9 Å². The van der Waals surface area contributed by atoms with E-state index in [0.717, 1.165) is 35.0 Å². The molecule has 2 aromatic rings. The number of aryl methyl sites for hydroxylation is 1. The van der Waals surface area contributed by atoms with E-state index in [1.807, 2.05) is 0 Å². The second-order valence-electron chi connectivity index (χ2n) is 5.56. The zero-order valence-electron chi connectivity index (χ0n) is 12.0. The molecule has 2 aromatic carbocycles. The number of halogens is 2. The first-order chi connectivity index (χ1) is 10.2. The SMILES string of the molecule is Cc1ccccc1C(CBr)Cc1cc(Br)cc2c1OCC2. The average molecular weight is 410 g/mol. The minimum absolute atomic E-state index is 0.466. The van der Waals surface area contributed by atoms with Crippen molar-refractivity contribution in [1.82, 2.24) is 0 Å². The molecular formula is C18H18Br2O. The maximum Gasteiger partial charge on any atom is 0.125 e. The maximum absolute atomic E-state index is 5.86. The fourth-order valence-electron chi connectivity index (χ4n) is 3.06. The molecule has 3 rings (SSSR count). The summed E-state index contributed by atoms with van der Waals surface area (Å²) in [6.45, 7) is 3.00. The van der Waals surface area contributed by atoms with Gasteiger partial charge in [-0.15, -0.1) is 0 Å². The fraction of sp³-hybridized carbons (Fsp3) is 0.333. The summed E-state index contributed by atoms with van der Waals surface area (Å²) in [6.07, 6.45) is 2.02. The monoisotopic (exact) mass is 408 g/mol. The van der Waals surface area contributed by atoms with Crippen molar-refractivity contribution in [2.24, 2.45) is 0 Å². The molecule has 0 aromatic heterocycles. The highest BCUT2D eigenvalue weighted by Gasteiger charge is 2.21. The summed E-state index contributed by atoms with van der Waals surface area (Å²) in [5.41, 5.74) is 5.41. The standard InChI is InChI=1S/C18H18Br2O/c1-12-4-2-3-5-17(12)15(11-19)8-14-10-16(20)9-13-6-7-21-18(13)14/h2-5,9-10,15H,6-8,11H2,1H3. The summed E-state index contributed by atoms with van der Waals surface area (Å²) in [4.78, 5) is 0. The van der Waals surface area contributed by atoms with E-state index in [0.29, 0.717) is 5.92 Å². The third kappa shape index (κ3) is 3.19. The number of benzene rings is 2. The first-order valence-electron chi connectivity index (χ1n) is 7.24. The Morgan fingerprint density at radius 1 is 1.24 bits per heavy atom. The number of fused-ring (bicyclic) bond motifs is 1. The lowest BCUT2D eigenvalue weighted by molar-refractivity contribution is 0.353. The van der Waals surface area contributed by atoms with Gasteiger partial charge in [-0.2, -0.15) is 0 Å². The number of hydrogen-bond donors (Lipinski definition) is 0. The summed E-state index contributed by atoms with van der Waals surface area (Å²) < 4.78 is 7.01. The van der Waals surface area contributed by atoms with E-state index in [-0.39, 0.29) is 0 Å². The zero-order valence-corrected chi connectivity index (χ0v) is 15.2. The van der Waals surface area contributed by atoms with E-state index in [9.17, 15) is 0 Å². The first kappa shape index (κ1) is 15.1. The molecule has 1 heterocycles. The van der Waals surface area contributed by atoms with E-state index in [1.165, 1.54) is 22.3 Å². The van der Waals surface area contributed by atoms with E-state index >= 15 is 0 Å². The molecule has 0 radical (unpaired) electrons. The topological polar surface area (TPSA) is 9.23 Å². The Morgan fingerprint density at radius 2 is 2.05 bits per heavy atom. The van der Waals surface area contributed by atoms with Gasteiger partial charge >= 0.3 is 0 Å². The minimum Gasteiger partial charge on any atom is -0.493 e. The van der Waals surface area contributed by atoms with E-state index in [1.54, 1.807) is 0 Å². The Bertz CT molecular complexity index is 652. The van der Waals surface area contributed by atoms with Gasteiger partial charge in [-0.05, 0) is 53.6 Å². The van der Waals surface area contributed by atoms with Crippen LogP contribution in [-0.2, 0) is 12.8 Å². The number of ether oxygens (including phenoxy) is 1. The van der Waals surface area contributed by atoms with Crippen LogP contribution in [0.1, 0.15) is 28.2 Å². The smallest absolute Gasteiger partial charge is 0.125 e. The second kappa shape index (κ2) is 6.53. The normalized spacial score (nSPS) is 14.6.